The van der Waals surface area contributed by atoms with Gasteiger partial charge in [-0.2, -0.15) is 0 Å². The first-order chi connectivity index (χ1) is 12.5. The number of benzene rings is 3. The Balaban J connectivity index is 1.84. The van der Waals surface area contributed by atoms with Crippen molar-refractivity contribution in [3.8, 4) is 11.5 Å². The molecule has 7 heteroatoms. The molecule has 0 radical (unpaired) electrons. The van der Waals surface area contributed by atoms with E-state index in [0.29, 0.717) is 22.2 Å². The SMILES string of the molecule is O=C(Nc1ccccc1Oc1ccccc1Cl)c1cccc([N+](=O)[O-])c1. The van der Waals surface area contributed by atoms with E-state index >= 15 is 0 Å². The number of hydrogen-bond donors (Lipinski definition) is 1. The molecule has 0 saturated carbocycles. The fourth-order valence-corrected chi connectivity index (χ4v) is 2.43. The maximum atomic E-state index is 12.4. The molecule has 0 spiro atoms. The van der Waals surface area contributed by atoms with Crippen LogP contribution in [0.3, 0.4) is 0 Å². The predicted molar refractivity (Wildman–Crippen MR) is 99.0 cm³/mol. The molecule has 0 saturated heterocycles. The minimum atomic E-state index is -0.550. The van der Waals surface area contributed by atoms with Crippen LogP contribution in [0.15, 0.2) is 72.8 Å². The molecule has 0 aliphatic heterocycles. The number of ether oxygens (including phenoxy) is 1. The summed E-state index contributed by atoms with van der Waals surface area (Å²) in [6, 6.07) is 19.3. The third-order valence-electron chi connectivity index (χ3n) is 3.51. The Labute approximate surface area is 154 Å². The zero-order chi connectivity index (χ0) is 18.5. The van der Waals surface area contributed by atoms with E-state index in [1.54, 1.807) is 48.5 Å². The first-order valence-corrected chi connectivity index (χ1v) is 7.99. The van der Waals surface area contributed by atoms with Crippen molar-refractivity contribution in [3.63, 3.8) is 0 Å². The summed E-state index contributed by atoms with van der Waals surface area (Å²) < 4.78 is 5.78. The number of para-hydroxylation sites is 3. The van der Waals surface area contributed by atoms with Crippen molar-refractivity contribution in [3.05, 3.63) is 93.5 Å². The Hall–Kier alpha value is -3.38. The smallest absolute Gasteiger partial charge is 0.270 e. The minimum absolute atomic E-state index is 0.154. The highest BCUT2D eigenvalue weighted by Gasteiger charge is 2.14. The van der Waals surface area contributed by atoms with E-state index in [1.165, 1.54) is 24.3 Å². The van der Waals surface area contributed by atoms with E-state index in [-0.39, 0.29) is 11.3 Å². The average Bonchev–Trinajstić information content (AvgIpc) is 2.65. The van der Waals surface area contributed by atoms with Crippen molar-refractivity contribution in [1.29, 1.82) is 0 Å². The minimum Gasteiger partial charge on any atom is -0.454 e. The van der Waals surface area contributed by atoms with Crippen LogP contribution in [0.2, 0.25) is 5.02 Å². The van der Waals surface area contributed by atoms with Crippen molar-refractivity contribution in [2.75, 3.05) is 5.32 Å². The lowest BCUT2D eigenvalue weighted by atomic mass is 10.2. The molecule has 3 aromatic carbocycles. The van der Waals surface area contributed by atoms with Crippen LogP contribution in [0.1, 0.15) is 10.4 Å². The Kier molecular flexibility index (Phi) is 5.15. The van der Waals surface area contributed by atoms with Gasteiger partial charge < -0.3 is 10.1 Å². The lowest BCUT2D eigenvalue weighted by molar-refractivity contribution is -0.384. The standard InChI is InChI=1S/C19H13ClN2O4/c20-15-8-1-3-10-17(15)26-18-11-4-2-9-16(18)21-19(23)13-6-5-7-14(12-13)22(24)25/h1-12H,(H,21,23). The van der Waals surface area contributed by atoms with Gasteiger partial charge in [-0.15, -0.1) is 0 Å². The number of hydrogen-bond acceptors (Lipinski definition) is 4. The van der Waals surface area contributed by atoms with Crippen LogP contribution in [0, 0.1) is 10.1 Å². The molecule has 6 nitrogen and oxygen atoms in total. The number of nitro benzene ring substituents is 1. The zero-order valence-corrected chi connectivity index (χ0v) is 14.1. The second-order valence-electron chi connectivity index (χ2n) is 5.29. The number of carbonyl (C=O) groups is 1. The largest absolute Gasteiger partial charge is 0.454 e. The van der Waals surface area contributed by atoms with Crippen LogP contribution in [0.25, 0.3) is 0 Å². The van der Waals surface area contributed by atoms with Crippen LogP contribution in [-0.4, -0.2) is 10.8 Å². The molecular weight excluding hydrogens is 356 g/mol. The molecule has 1 N–H and O–H groups in total. The molecule has 0 atom stereocenters. The number of non-ortho nitro benzene ring substituents is 1. The lowest BCUT2D eigenvalue weighted by Crippen LogP contribution is -2.12. The summed E-state index contributed by atoms with van der Waals surface area (Å²) in [5, 5.41) is 14.0. The number of carbonyl (C=O) groups excluding carboxylic acids is 1. The average molecular weight is 369 g/mol. The van der Waals surface area contributed by atoms with Gasteiger partial charge in [-0.1, -0.05) is 41.9 Å². The fourth-order valence-electron chi connectivity index (χ4n) is 2.26. The Morgan fingerprint density at radius 3 is 2.38 bits per heavy atom. The number of rotatable bonds is 5. The van der Waals surface area contributed by atoms with Crippen molar-refractivity contribution in [2.45, 2.75) is 0 Å². The molecule has 0 aliphatic carbocycles. The highest BCUT2D eigenvalue weighted by molar-refractivity contribution is 6.32. The van der Waals surface area contributed by atoms with Gasteiger partial charge >= 0.3 is 0 Å². The molecule has 0 aliphatic rings. The lowest BCUT2D eigenvalue weighted by Gasteiger charge is -2.13. The van der Waals surface area contributed by atoms with Gasteiger partial charge in [0.2, 0.25) is 0 Å². The molecule has 26 heavy (non-hydrogen) atoms. The van der Waals surface area contributed by atoms with Gasteiger partial charge in [0.15, 0.2) is 5.75 Å². The van der Waals surface area contributed by atoms with E-state index in [0.717, 1.165) is 0 Å². The topological polar surface area (TPSA) is 81.5 Å². The van der Waals surface area contributed by atoms with Crippen molar-refractivity contribution in [1.82, 2.24) is 0 Å². The summed E-state index contributed by atoms with van der Waals surface area (Å²) in [5.74, 6) is 0.370. The highest BCUT2D eigenvalue weighted by Crippen LogP contribution is 2.33. The molecule has 0 heterocycles. The molecule has 0 fully saturated rings. The number of nitrogens with one attached hydrogen (secondary N) is 1. The van der Waals surface area contributed by atoms with Gasteiger partial charge in [0, 0.05) is 17.7 Å². The number of halogens is 1. The van der Waals surface area contributed by atoms with Gasteiger partial charge in [-0.25, -0.2) is 0 Å². The van der Waals surface area contributed by atoms with Crippen LogP contribution in [0.5, 0.6) is 11.5 Å². The summed E-state index contributed by atoms with van der Waals surface area (Å²) in [6.07, 6.45) is 0. The second kappa shape index (κ2) is 7.67. The maximum absolute atomic E-state index is 12.4. The monoisotopic (exact) mass is 368 g/mol. The summed E-state index contributed by atoms with van der Waals surface area (Å²) in [5.41, 5.74) is 0.439. The number of nitro groups is 1. The number of nitrogens with zero attached hydrogens (tertiary/aromatic N) is 1. The van der Waals surface area contributed by atoms with Crippen LogP contribution < -0.4 is 10.1 Å². The van der Waals surface area contributed by atoms with Crippen molar-refractivity contribution >= 4 is 28.9 Å². The fraction of sp³-hybridized carbons (Fsp3) is 0. The molecule has 1 amide bonds. The van der Waals surface area contributed by atoms with Gasteiger partial charge in [-0.05, 0) is 30.3 Å². The summed E-state index contributed by atoms with van der Waals surface area (Å²) >= 11 is 6.10. The maximum Gasteiger partial charge on any atom is 0.270 e. The second-order valence-corrected chi connectivity index (χ2v) is 5.70. The van der Waals surface area contributed by atoms with E-state index in [2.05, 4.69) is 5.32 Å². The summed E-state index contributed by atoms with van der Waals surface area (Å²) in [6.45, 7) is 0. The highest BCUT2D eigenvalue weighted by atomic mass is 35.5. The van der Waals surface area contributed by atoms with Gasteiger partial charge in [0.1, 0.15) is 5.75 Å². The van der Waals surface area contributed by atoms with Crippen LogP contribution >= 0.6 is 11.6 Å². The first-order valence-electron chi connectivity index (χ1n) is 7.62. The van der Waals surface area contributed by atoms with Crippen LogP contribution in [-0.2, 0) is 0 Å². The molecular formula is C19H13ClN2O4. The van der Waals surface area contributed by atoms with Gasteiger partial charge in [0.05, 0.1) is 15.6 Å². The Morgan fingerprint density at radius 2 is 1.65 bits per heavy atom. The molecule has 0 aromatic heterocycles. The summed E-state index contributed by atoms with van der Waals surface area (Å²) in [7, 11) is 0. The van der Waals surface area contributed by atoms with Crippen molar-refractivity contribution in [2.24, 2.45) is 0 Å². The third kappa shape index (κ3) is 3.99. The van der Waals surface area contributed by atoms with Gasteiger partial charge in [-0.3, -0.25) is 14.9 Å². The Bertz CT molecular complexity index is 975. The van der Waals surface area contributed by atoms with E-state index in [4.69, 9.17) is 16.3 Å². The zero-order valence-electron chi connectivity index (χ0n) is 13.4. The van der Waals surface area contributed by atoms with Gasteiger partial charge in [0.25, 0.3) is 11.6 Å². The van der Waals surface area contributed by atoms with Crippen LogP contribution in [0.4, 0.5) is 11.4 Å². The Morgan fingerprint density at radius 1 is 0.962 bits per heavy atom. The quantitative estimate of drug-likeness (QED) is 0.489. The summed E-state index contributed by atoms with van der Waals surface area (Å²) in [4.78, 5) is 22.8. The van der Waals surface area contributed by atoms with E-state index < -0.39 is 10.8 Å². The molecule has 3 rings (SSSR count). The number of anilines is 1. The number of amides is 1. The van der Waals surface area contributed by atoms with Crippen molar-refractivity contribution < 1.29 is 14.5 Å². The third-order valence-corrected chi connectivity index (χ3v) is 3.82. The molecule has 0 unspecified atom stereocenters. The van der Waals surface area contributed by atoms with E-state index in [1.807, 2.05) is 0 Å². The first kappa shape index (κ1) is 17.4. The molecule has 3 aromatic rings. The predicted octanol–water partition coefficient (Wildman–Crippen LogP) is 5.29. The normalized spacial score (nSPS) is 10.2. The molecule has 0 bridgehead atoms. The van der Waals surface area contributed by atoms with E-state index in [9.17, 15) is 14.9 Å². The molecule has 130 valence electrons.